The number of aromatic nitrogens is 2. The SMILES string of the molecule is Cc1cc([C@@](O)([C@@H](C)c2ccc(Oc3ccc(C(=O)O)cn3)cc2Cl)C(F)(F)F)cn(C)c1=O. The van der Waals surface area contributed by atoms with Gasteiger partial charge in [-0.05, 0) is 36.8 Å². The third-order valence-electron chi connectivity index (χ3n) is 5.51. The molecule has 3 aromatic rings. The molecule has 0 aliphatic rings. The molecule has 1 aromatic carbocycles. The van der Waals surface area contributed by atoms with Crippen molar-refractivity contribution in [2.75, 3.05) is 0 Å². The molecule has 34 heavy (non-hydrogen) atoms. The highest BCUT2D eigenvalue weighted by Crippen LogP contribution is 2.50. The van der Waals surface area contributed by atoms with E-state index in [1.807, 2.05) is 0 Å². The van der Waals surface area contributed by atoms with E-state index in [4.69, 9.17) is 21.4 Å². The second-order valence-electron chi connectivity index (χ2n) is 7.79. The van der Waals surface area contributed by atoms with E-state index in [2.05, 4.69) is 4.98 Å². The molecule has 0 radical (unpaired) electrons. The van der Waals surface area contributed by atoms with E-state index in [0.717, 1.165) is 23.0 Å². The Labute approximate surface area is 197 Å². The molecule has 2 N–H and O–H groups in total. The van der Waals surface area contributed by atoms with E-state index < -0.39 is 34.8 Å². The third kappa shape index (κ3) is 4.64. The second kappa shape index (κ2) is 9.11. The molecule has 180 valence electrons. The van der Waals surface area contributed by atoms with Gasteiger partial charge in [0.05, 0.1) is 5.56 Å². The molecule has 11 heteroatoms. The number of pyridine rings is 2. The predicted molar refractivity (Wildman–Crippen MR) is 118 cm³/mol. The minimum absolute atomic E-state index is 0.00506. The molecule has 0 fully saturated rings. The van der Waals surface area contributed by atoms with Gasteiger partial charge in [0.1, 0.15) is 5.75 Å². The number of aryl methyl sites for hydroxylation is 2. The number of carbonyl (C=O) groups is 1. The van der Waals surface area contributed by atoms with Crippen molar-refractivity contribution < 1.29 is 32.9 Å². The smallest absolute Gasteiger partial charge is 0.422 e. The topological polar surface area (TPSA) is 102 Å². The first-order valence-corrected chi connectivity index (χ1v) is 10.3. The zero-order valence-electron chi connectivity index (χ0n) is 18.2. The number of aliphatic hydroxyl groups is 1. The number of carboxylic acids is 1. The van der Waals surface area contributed by atoms with Crippen LogP contribution in [0.4, 0.5) is 13.2 Å². The van der Waals surface area contributed by atoms with E-state index in [9.17, 15) is 27.9 Å². The molecule has 7 nitrogen and oxygen atoms in total. The fraction of sp³-hybridized carbons (Fsp3) is 0.261. The van der Waals surface area contributed by atoms with Gasteiger partial charge in [0, 0.05) is 47.6 Å². The Morgan fingerprint density at radius 1 is 1.21 bits per heavy atom. The van der Waals surface area contributed by atoms with Crippen molar-refractivity contribution >= 4 is 17.6 Å². The largest absolute Gasteiger partial charge is 0.478 e. The first-order chi connectivity index (χ1) is 15.8. The summed E-state index contributed by atoms with van der Waals surface area (Å²) in [7, 11) is 1.30. The Morgan fingerprint density at radius 2 is 1.88 bits per heavy atom. The van der Waals surface area contributed by atoms with Crippen LogP contribution in [0.1, 0.15) is 39.9 Å². The maximum Gasteiger partial charge on any atom is 0.422 e. The summed E-state index contributed by atoms with van der Waals surface area (Å²) in [4.78, 5) is 26.7. The number of aromatic carboxylic acids is 1. The van der Waals surface area contributed by atoms with Crippen LogP contribution in [0.3, 0.4) is 0 Å². The molecule has 2 heterocycles. The lowest BCUT2D eigenvalue weighted by atomic mass is 9.78. The monoisotopic (exact) mass is 496 g/mol. The van der Waals surface area contributed by atoms with E-state index in [1.165, 1.54) is 51.2 Å². The standard InChI is InChI=1S/C23H20ClF3N2O5/c1-12-8-15(11-29(3)20(12)30)22(33,23(25,26)27)13(2)17-6-5-16(9-18(17)24)34-19-7-4-14(10-28-19)21(31)32/h4-11,13,33H,1-3H3,(H,31,32)/t13-,22-/m0/s1. The highest BCUT2D eigenvalue weighted by Gasteiger charge is 2.59. The van der Waals surface area contributed by atoms with Gasteiger partial charge in [-0.25, -0.2) is 9.78 Å². The highest BCUT2D eigenvalue weighted by atomic mass is 35.5. The Morgan fingerprint density at radius 3 is 2.38 bits per heavy atom. The van der Waals surface area contributed by atoms with Gasteiger partial charge >= 0.3 is 12.1 Å². The van der Waals surface area contributed by atoms with Crippen molar-refractivity contribution in [3.8, 4) is 11.6 Å². The van der Waals surface area contributed by atoms with Gasteiger partial charge in [-0.15, -0.1) is 0 Å². The molecule has 2 atom stereocenters. The molecule has 0 spiro atoms. The van der Waals surface area contributed by atoms with Gasteiger partial charge in [0.15, 0.2) is 5.60 Å². The fourth-order valence-electron chi connectivity index (χ4n) is 3.58. The van der Waals surface area contributed by atoms with Crippen molar-refractivity contribution in [3.05, 3.63) is 86.4 Å². The van der Waals surface area contributed by atoms with Crippen LogP contribution in [0.5, 0.6) is 11.6 Å². The van der Waals surface area contributed by atoms with Crippen LogP contribution in [0.15, 0.2) is 53.6 Å². The molecule has 0 saturated heterocycles. The van der Waals surface area contributed by atoms with Crippen LogP contribution in [0.25, 0.3) is 0 Å². The average Bonchev–Trinajstić information content (AvgIpc) is 2.75. The van der Waals surface area contributed by atoms with Crippen LogP contribution < -0.4 is 10.3 Å². The molecule has 0 aliphatic carbocycles. The maximum absolute atomic E-state index is 14.2. The molecule has 0 unspecified atom stereocenters. The zero-order chi connectivity index (χ0) is 25.4. The maximum atomic E-state index is 14.2. The first kappa shape index (κ1) is 25.3. The second-order valence-corrected chi connectivity index (χ2v) is 8.20. The summed E-state index contributed by atoms with van der Waals surface area (Å²) in [5.41, 5.74) is -4.32. The Bertz CT molecular complexity index is 1260. The van der Waals surface area contributed by atoms with Crippen LogP contribution in [-0.2, 0) is 12.6 Å². The minimum atomic E-state index is -5.09. The van der Waals surface area contributed by atoms with Crippen molar-refractivity contribution in [1.29, 1.82) is 0 Å². The molecular formula is C23H20ClF3N2O5. The number of ether oxygens (including phenoxy) is 1. The van der Waals surface area contributed by atoms with Crippen molar-refractivity contribution in [3.63, 3.8) is 0 Å². The molecule has 2 aromatic heterocycles. The average molecular weight is 497 g/mol. The summed E-state index contributed by atoms with van der Waals surface area (Å²) in [6.07, 6.45) is -3.05. The molecule has 3 rings (SSSR count). The van der Waals surface area contributed by atoms with E-state index >= 15 is 0 Å². The quantitative estimate of drug-likeness (QED) is 0.509. The summed E-state index contributed by atoms with van der Waals surface area (Å²) in [5, 5.41) is 19.8. The lowest BCUT2D eigenvalue weighted by Crippen LogP contribution is -2.47. The predicted octanol–water partition coefficient (Wildman–Crippen LogP) is 4.79. The number of rotatable bonds is 6. The van der Waals surface area contributed by atoms with Crippen LogP contribution in [0, 0.1) is 6.92 Å². The molecule has 0 bridgehead atoms. The van der Waals surface area contributed by atoms with Crippen LogP contribution >= 0.6 is 11.6 Å². The lowest BCUT2D eigenvalue weighted by molar-refractivity contribution is -0.274. The molecule has 0 amide bonds. The van der Waals surface area contributed by atoms with Gasteiger partial charge in [-0.3, -0.25) is 4.79 Å². The summed E-state index contributed by atoms with van der Waals surface area (Å²) in [6.45, 7) is 2.55. The van der Waals surface area contributed by atoms with E-state index in [1.54, 1.807) is 0 Å². The summed E-state index contributed by atoms with van der Waals surface area (Å²) in [6, 6.07) is 7.53. The highest BCUT2D eigenvalue weighted by molar-refractivity contribution is 6.31. The van der Waals surface area contributed by atoms with Gasteiger partial charge < -0.3 is 19.5 Å². The van der Waals surface area contributed by atoms with E-state index in [-0.39, 0.29) is 33.3 Å². The van der Waals surface area contributed by atoms with Crippen LogP contribution in [0.2, 0.25) is 5.02 Å². The number of hydrogen-bond acceptors (Lipinski definition) is 5. The number of halogens is 4. The number of nitrogens with zero attached hydrogens (tertiary/aromatic N) is 2. The van der Waals surface area contributed by atoms with Crippen molar-refractivity contribution in [1.82, 2.24) is 9.55 Å². The number of benzene rings is 1. The molecule has 0 aliphatic heterocycles. The summed E-state index contributed by atoms with van der Waals surface area (Å²) < 4.78 is 49.1. The zero-order valence-corrected chi connectivity index (χ0v) is 19.0. The first-order valence-electron chi connectivity index (χ1n) is 9.89. The Hall–Kier alpha value is -3.37. The molecule has 0 saturated carbocycles. The summed E-state index contributed by atoms with van der Waals surface area (Å²) >= 11 is 6.28. The molecular weight excluding hydrogens is 477 g/mol. The number of hydrogen-bond donors (Lipinski definition) is 2. The third-order valence-corrected chi connectivity index (χ3v) is 5.83. The number of alkyl halides is 3. The van der Waals surface area contributed by atoms with E-state index in [0.29, 0.717) is 0 Å². The Balaban J connectivity index is 1.98. The lowest BCUT2D eigenvalue weighted by Gasteiger charge is -2.37. The normalized spacial score (nSPS) is 14.4. The fourth-order valence-corrected chi connectivity index (χ4v) is 3.91. The van der Waals surface area contributed by atoms with Gasteiger partial charge in [0.25, 0.3) is 5.56 Å². The van der Waals surface area contributed by atoms with Gasteiger partial charge in [-0.2, -0.15) is 13.2 Å². The summed E-state index contributed by atoms with van der Waals surface area (Å²) in [5.74, 6) is -2.52. The minimum Gasteiger partial charge on any atom is -0.478 e. The van der Waals surface area contributed by atoms with Crippen molar-refractivity contribution in [2.45, 2.75) is 31.5 Å². The number of carboxylic acid groups (broad SMARTS) is 1. The van der Waals surface area contributed by atoms with Crippen molar-refractivity contribution in [2.24, 2.45) is 7.05 Å². The van der Waals surface area contributed by atoms with Gasteiger partial charge in [-0.1, -0.05) is 24.6 Å². The van der Waals surface area contributed by atoms with Crippen LogP contribution in [-0.4, -0.2) is 31.9 Å². The van der Waals surface area contributed by atoms with Gasteiger partial charge in [0.2, 0.25) is 5.88 Å². The Kier molecular flexibility index (Phi) is 6.77.